The number of hydrogen-bond acceptors (Lipinski definition) is 3. The minimum atomic E-state index is -1.64. The molecule has 5 heteroatoms. The largest absolute Gasteiger partial charge is 0.497 e. The molecular weight excluding hydrogens is 234 g/mol. The Balaban J connectivity index is 3.00. The van der Waals surface area contributed by atoms with E-state index < -0.39 is 8.24 Å². The van der Waals surface area contributed by atoms with Gasteiger partial charge in [-0.1, -0.05) is 19.6 Å². The van der Waals surface area contributed by atoms with Gasteiger partial charge in [0.1, 0.15) is 19.7 Å². The van der Waals surface area contributed by atoms with Gasteiger partial charge in [-0.05, 0) is 12.1 Å². The monoisotopic (exact) mass is 253 g/mol. The smallest absolute Gasteiger partial charge is 0.243 e. The summed E-state index contributed by atoms with van der Waals surface area (Å²) >= 11 is 0. The molecule has 0 saturated heterocycles. The van der Waals surface area contributed by atoms with Gasteiger partial charge in [0, 0.05) is 11.6 Å². The van der Waals surface area contributed by atoms with Crippen molar-refractivity contribution in [3.8, 4) is 11.5 Å². The summed E-state index contributed by atoms with van der Waals surface area (Å²) in [6.45, 7) is 6.22. The maximum absolute atomic E-state index is 12.0. The van der Waals surface area contributed by atoms with Gasteiger partial charge in [-0.15, -0.1) is 0 Å². The minimum Gasteiger partial charge on any atom is -0.497 e. The van der Waals surface area contributed by atoms with E-state index in [1.165, 1.54) is 0 Å². The van der Waals surface area contributed by atoms with Gasteiger partial charge in [-0.25, -0.2) is 0 Å². The highest BCUT2D eigenvalue weighted by atomic mass is 28.3. The minimum absolute atomic E-state index is 0.0821. The van der Waals surface area contributed by atoms with Crippen molar-refractivity contribution in [2.24, 2.45) is 0 Å². The molecule has 0 fully saturated rings. The number of carbonyl (C=O) groups excluding carboxylic acids is 1. The Morgan fingerprint density at radius 3 is 1.88 bits per heavy atom. The molecule has 1 N–H and O–H groups in total. The fraction of sp³-hybridized carbons (Fsp3) is 0.417. The first-order chi connectivity index (χ1) is 7.85. The second-order valence-electron chi connectivity index (χ2n) is 4.81. The maximum atomic E-state index is 12.0. The normalized spacial score (nSPS) is 10.9. The Morgan fingerprint density at radius 1 is 1.06 bits per heavy atom. The van der Waals surface area contributed by atoms with Crippen LogP contribution in [0.3, 0.4) is 0 Å². The molecule has 1 rings (SSSR count). The molecule has 0 atom stereocenters. The van der Waals surface area contributed by atoms with Crippen molar-refractivity contribution in [2.45, 2.75) is 19.6 Å². The van der Waals surface area contributed by atoms with Crippen LogP contribution in [0.15, 0.2) is 18.2 Å². The number of carbonyl (C=O) groups is 1. The van der Waals surface area contributed by atoms with Gasteiger partial charge in [0.15, 0.2) is 0 Å². The van der Waals surface area contributed by atoms with Crippen molar-refractivity contribution >= 4 is 14.1 Å². The first-order valence-corrected chi connectivity index (χ1v) is 8.91. The number of hydrogen-bond donors (Lipinski definition) is 1. The SMILES string of the molecule is COc1cc(OC)cc(C(=O)N[Si](C)(C)C)c1. The molecule has 0 bridgehead atoms. The van der Waals surface area contributed by atoms with Gasteiger partial charge in [0.2, 0.25) is 5.91 Å². The number of methoxy groups -OCH3 is 2. The molecule has 0 aliphatic heterocycles. The summed E-state index contributed by atoms with van der Waals surface area (Å²) in [5.41, 5.74) is 0.559. The van der Waals surface area contributed by atoms with Crippen LogP contribution in [0.25, 0.3) is 0 Å². The molecule has 0 aromatic heterocycles. The second kappa shape index (κ2) is 5.22. The third-order valence-electron chi connectivity index (χ3n) is 2.10. The standard InChI is InChI=1S/C12H19NO3Si/c1-15-10-6-9(7-11(8-10)16-2)12(14)13-17(3,4)5/h6-8H,1-5H3,(H,13,14). The Kier molecular flexibility index (Phi) is 4.17. The molecule has 0 radical (unpaired) electrons. The van der Waals surface area contributed by atoms with Crippen LogP contribution in [-0.4, -0.2) is 28.4 Å². The lowest BCUT2D eigenvalue weighted by molar-refractivity contribution is 0.0977. The van der Waals surface area contributed by atoms with Gasteiger partial charge in [-0.2, -0.15) is 0 Å². The first-order valence-electron chi connectivity index (χ1n) is 5.41. The van der Waals surface area contributed by atoms with Crippen LogP contribution in [0.5, 0.6) is 11.5 Å². The van der Waals surface area contributed by atoms with Crippen molar-refractivity contribution in [2.75, 3.05) is 14.2 Å². The average Bonchev–Trinajstić information content (AvgIpc) is 2.26. The zero-order valence-electron chi connectivity index (χ0n) is 11.0. The average molecular weight is 253 g/mol. The van der Waals surface area contributed by atoms with E-state index in [0.29, 0.717) is 17.1 Å². The molecule has 1 amide bonds. The fourth-order valence-electron chi connectivity index (χ4n) is 1.35. The molecular formula is C12H19NO3Si. The highest BCUT2D eigenvalue weighted by Gasteiger charge is 2.18. The summed E-state index contributed by atoms with van der Waals surface area (Å²) in [5, 5.41) is 0. The Hall–Kier alpha value is -1.49. The van der Waals surface area contributed by atoms with Crippen LogP contribution < -0.4 is 14.5 Å². The van der Waals surface area contributed by atoms with Gasteiger partial charge in [-0.3, -0.25) is 4.79 Å². The summed E-state index contributed by atoms with van der Waals surface area (Å²) in [6.07, 6.45) is 0. The molecule has 0 saturated carbocycles. The summed E-state index contributed by atoms with van der Waals surface area (Å²) in [4.78, 5) is 15.0. The molecule has 4 nitrogen and oxygen atoms in total. The zero-order chi connectivity index (χ0) is 13.1. The predicted octanol–water partition coefficient (Wildman–Crippen LogP) is 2.27. The number of amides is 1. The molecule has 0 aliphatic carbocycles. The number of benzene rings is 1. The van der Waals surface area contributed by atoms with Crippen molar-refractivity contribution in [1.29, 1.82) is 0 Å². The summed E-state index contributed by atoms with van der Waals surface area (Å²) in [5.74, 6) is 1.15. The number of rotatable bonds is 4. The third-order valence-corrected chi connectivity index (χ3v) is 3.08. The Labute approximate surface area is 103 Å². The summed E-state index contributed by atoms with van der Waals surface area (Å²) < 4.78 is 10.3. The summed E-state index contributed by atoms with van der Waals surface area (Å²) in [7, 11) is 1.49. The van der Waals surface area contributed by atoms with E-state index in [0.717, 1.165) is 0 Å². The van der Waals surface area contributed by atoms with E-state index in [4.69, 9.17) is 9.47 Å². The molecule has 94 valence electrons. The Bertz CT molecular complexity index is 390. The molecule has 0 unspecified atom stereocenters. The predicted molar refractivity (Wildman–Crippen MR) is 70.4 cm³/mol. The van der Waals surface area contributed by atoms with Crippen molar-refractivity contribution < 1.29 is 14.3 Å². The van der Waals surface area contributed by atoms with E-state index in [1.54, 1.807) is 32.4 Å². The molecule has 0 spiro atoms. The quantitative estimate of drug-likeness (QED) is 0.837. The Morgan fingerprint density at radius 2 is 1.53 bits per heavy atom. The second-order valence-corrected chi connectivity index (χ2v) is 9.56. The van der Waals surface area contributed by atoms with E-state index in [9.17, 15) is 4.79 Å². The van der Waals surface area contributed by atoms with Crippen molar-refractivity contribution in [3.05, 3.63) is 23.8 Å². The lowest BCUT2D eigenvalue weighted by Gasteiger charge is -2.18. The number of ether oxygens (including phenoxy) is 2. The number of nitrogens with one attached hydrogen (secondary N) is 1. The van der Waals surface area contributed by atoms with Gasteiger partial charge < -0.3 is 14.5 Å². The van der Waals surface area contributed by atoms with Crippen LogP contribution in [-0.2, 0) is 0 Å². The molecule has 0 aliphatic rings. The van der Waals surface area contributed by atoms with Crippen molar-refractivity contribution in [1.82, 2.24) is 4.98 Å². The summed E-state index contributed by atoms with van der Waals surface area (Å²) in [6, 6.07) is 5.15. The lowest BCUT2D eigenvalue weighted by atomic mass is 10.2. The van der Waals surface area contributed by atoms with E-state index in [1.807, 2.05) is 0 Å². The van der Waals surface area contributed by atoms with E-state index in [-0.39, 0.29) is 5.91 Å². The van der Waals surface area contributed by atoms with Crippen LogP contribution in [0.1, 0.15) is 10.4 Å². The van der Waals surface area contributed by atoms with Crippen molar-refractivity contribution in [3.63, 3.8) is 0 Å². The van der Waals surface area contributed by atoms with Crippen LogP contribution >= 0.6 is 0 Å². The van der Waals surface area contributed by atoms with Crippen LogP contribution in [0, 0.1) is 0 Å². The fourth-order valence-corrected chi connectivity index (χ4v) is 2.18. The lowest BCUT2D eigenvalue weighted by Crippen LogP contribution is -2.45. The van der Waals surface area contributed by atoms with E-state index >= 15 is 0 Å². The first kappa shape index (κ1) is 13.6. The van der Waals surface area contributed by atoms with E-state index in [2.05, 4.69) is 24.6 Å². The van der Waals surface area contributed by atoms with Gasteiger partial charge in [0.25, 0.3) is 0 Å². The zero-order valence-corrected chi connectivity index (χ0v) is 12.0. The van der Waals surface area contributed by atoms with Gasteiger partial charge >= 0.3 is 0 Å². The third kappa shape index (κ3) is 4.11. The van der Waals surface area contributed by atoms with Gasteiger partial charge in [0.05, 0.1) is 14.2 Å². The highest BCUT2D eigenvalue weighted by molar-refractivity contribution is 6.76. The maximum Gasteiger partial charge on any atom is 0.243 e. The van der Waals surface area contributed by atoms with Crippen LogP contribution in [0.2, 0.25) is 19.6 Å². The molecule has 17 heavy (non-hydrogen) atoms. The topological polar surface area (TPSA) is 47.6 Å². The highest BCUT2D eigenvalue weighted by Crippen LogP contribution is 2.22. The molecule has 1 aromatic carbocycles. The van der Waals surface area contributed by atoms with Crippen LogP contribution in [0.4, 0.5) is 0 Å². The molecule has 0 heterocycles. The molecule has 1 aromatic rings.